The molecule has 0 spiro atoms. The van der Waals surface area contributed by atoms with Crippen molar-refractivity contribution in [2.45, 2.75) is 66.2 Å². The average Bonchev–Trinajstić information content (AvgIpc) is 2.42. The molecular weight excluding hydrogens is 290 g/mol. The van der Waals surface area contributed by atoms with Crippen molar-refractivity contribution < 1.29 is 9.53 Å². The van der Waals surface area contributed by atoms with Gasteiger partial charge in [0.05, 0.1) is 0 Å². The number of carbonyl (C=O) groups excluding carboxylic acids is 1. The number of amides is 1. The molecule has 0 fully saturated rings. The second kappa shape index (κ2) is 7.77. The summed E-state index contributed by atoms with van der Waals surface area (Å²) in [6.07, 6.45) is 3.29. The van der Waals surface area contributed by atoms with Crippen molar-refractivity contribution in [1.82, 2.24) is 15.6 Å². The van der Waals surface area contributed by atoms with Crippen LogP contribution in [0.25, 0.3) is 0 Å². The van der Waals surface area contributed by atoms with Gasteiger partial charge < -0.3 is 15.4 Å². The number of hydrogen-bond donors (Lipinski definition) is 2. The summed E-state index contributed by atoms with van der Waals surface area (Å²) in [7, 11) is 0. The predicted octanol–water partition coefficient (Wildman–Crippen LogP) is 3.42. The van der Waals surface area contributed by atoms with Crippen molar-refractivity contribution in [1.29, 1.82) is 0 Å². The molecule has 1 amide bonds. The molecule has 1 rings (SSSR count). The summed E-state index contributed by atoms with van der Waals surface area (Å²) in [5.74, 6) is 0.342. The Labute approximate surface area is 140 Å². The van der Waals surface area contributed by atoms with E-state index in [0.29, 0.717) is 19.0 Å². The number of carbonyl (C=O) groups is 1. The summed E-state index contributed by atoms with van der Waals surface area (Å²) in [5, 5.41) is 6.43. The van der Waals surface area contributed by atoms with Gasteiger partial charge in [0, 0.05) is 31.0 Å². The molecular formula is C18H31N3O2. The molecule has 0 aliphatic rings. The summed E-state index contributed by atoms with van der Waals surface area (Å²) in [5.41, 5.74) is 1.65. The Hall–Kier alpha value is -1.62. The predicted molar refractivity (Wildman–Crippen MR) is 93.3 cm³/mol. The summed E-state index contributed by atoms with van der Waals surface area (Å²) < 4.78 is 5.31. The highest BCUT2D eigenvalue weighted by molar-refractivity contribution is 5.67. The molecule has 0 saturated heterocycles. The quantitative estimate of drug-likeness (QED) is 0.843. The number of alkyl carbamates (subject to hydrolysis) is 1. The van der Waals surface area contributed by atoms with E-state index >= 15 is 0 Å². The molecule has 1 aromatic heterocycles. The third-order valence-corrected chi connectivity index (χ3v) is 4.10. The van der Waals surface area contributed by atoms with Crippen LogP contribution in [0.4, 0.5) is 4.79 Å². The van der Waals surface area contributed by atoms with Crippen molar-refractivity contribution in [2.75, 3.05) is 6.54 Å². The molecule has 5 heteroatoms. The van der Waals surface area contributed by atoms with E-state index in [1.165, 1.54) is 5.56 Å². The van der Waals surface area contributed by atoms with Crippen molar-refractivity contribution in [2.24, 2.45) is 5.92 Å². The highest BCUT2D eigenvalue weighted by Crippen LogP contribution is 2.18. The Bertz CT molecular complexity index is 523. The number of aryl methyl sites for hydroxylation is 1. The first-order chi connectivity index (χ1) is 10.5. The number of hydrogen-bond acceptors (Lipinski definition) is 4. The minimum Gasteiger partial charge on any atom is -0.444 e. The molecule has 1 heterocycles. The zero-order valence-electron chi connectivity index (χ0n) is 15.5. The van der Waals surface area contributed by atoms with E-state index in [4.69, 9.17) is 4.74 Å². The zero-order valence-corrected chi connectivity index (χ0v) is 15.5. The van der Waals surface area contributed by atoms with Gasteiger partial charge in [-0.3, -0.25) is 4.98 Å². The number of ether oxygens (including phenoxy) is 1. The van der Waals surface area contributed by atoms with Crippen LogP contribution in [0, 0.1) is 12.8 Å². The normalized spacial score (nSPS) is 14.4. The Morgan fingerprint density at radius 1 is 1.30 bits per heavy atom. The van der Waals surface area contributed by atoms with Gasteiger partial charge in [0.15, 0.2) is 0 Å². The van der Waals surface area contributed by atoms with E-state index in [2.05, 4.69) is 43.3 Å². The fourth-order valence-corrected chi connectivity index (χ4v) is 2.02. The molecule has 23 heavy (non-hydrogen) atoms. The summed E-state index contributed by atoms with van der Waals surface area (Å²) in [4.78, 5) is 16.1. The Balaban J connectivity index is 2.65. The van der Waals surface area contributed by atoms with Gasteiger partial charge in [0.1, 0.15) is 5.60 Å². The molecule has 0 saturated carbocycles. The Morgan fingerprint density at radius 2 is 1.96 bits per heavy atom. The van der Waals surface area contributed by atoms with Crippen molar-refractivity contribution in [3.05, 3.63) is 29.6 Å². The van der Waals surface area contributed by atoms with Crippen LogP contribution in [0.2, 0.25) is 0 Å². The molecule has 1 aromatic rings. The molecule has 5 nitrogen and oxygen atoms in total. The highest BCUT2D eigenvalue weighted by atomic mass is 16.6. The molecule has 1 atom stereocenters. The second-order valence-corrected chi connectivity index (χ2v) is 7.58. The fraction of sp³-hybridized carbons (Fsp3) is 0.667. The van der Waals surface area contributed by atoms with Gasteiger partial charge in [-0.25, -0.2) is 4.79 Å². The van der Waals surface area contributed by atoms with Gasteiger partial charge in [-0.05, 0) is 57.7 Å². The third-order valence-electron chi connectivity index (χ3n) is 4.10. The molecule has 2 N–H and O–H groups in total. The van der Waals surface area contributed by atoms with Crippen LogP contribution in [-0.2, 0) is 11.3 Å². The van der Waals surface area contributed by atoms with E-state index in [-0.39, 0.29) is 11.6 Å². The lowest BCUT2D eigenvalue weighted by molar-refractivity contribution is 0.0503. The molecule has 0 radical (unpaired) electrons. The topological polar surface area (TPSA) is 63.2 Å². The van der Waals surface area contributed by atoms with Gasteiger partial charge in [0.25, 0.3) is 0 Å². The average molecular weight is 321 g/mol. The number of nitrogens with one attached hydrogen (secondary N) is 2. The SMILES string of the molecule is Cc1ccncc1CNC(C)(CNC(=O)OC(C)(C)C)C(C)C. The number of aromatic nitrogens is 1. The third kappa shape index (κ3) is 6.57. The first kappa shape index (κ1) is 19.4. The maximum absolute atomic E-state index is 11.9. The molecule has 0 aliphatic heterocycles. The van der Waals surface area contributed by atoms with E-state index in [1.807, 2.05) is 33.0 Å². The second-order valence-electron chi connectivity index (χ2n) is 7.58. The molecule has 1 unspecified atom stereocenters. The molecule has 130 valence electrons. The van der Waals surface area contributed by atoms with Gasteiger partial charge in [-0.2, -0.15) is 0 Å². The largest absolute Gasteiger partial charge is 0.444 e. The fourth-order valence-electron chi connectivity index (χ4n) is 2.02. The van der Waals surface area contributed by atoms with E-state index < -0.39 is 5.60 Å². The summed E-state index contributed by atoms with van der Waals surface area (Å²) >= 11 is 0. The number of rotatable bonds is 6. The van der Waals surface area contributed by atoms with Gasteiger partial charge in [-0.1, -0.05) is 13.8 Å². The van der Waals surface area contributed by atoms with Crippen LogP contribution >= 0.6 is 0 Å². The highest BCUT2D eigenvalue weighted by Gasteiger charge is 2.29. The lowest BCUT2D eigenvalue weighted by atomic mass is 9.88. The smallest absolute Gasteiger partial charge is 0.407 e. The minimum absolute atomic E-state index is 0.237. The summed E-state index contributed by atoms with van der Waals surface area (Å²) in [6.45, 7) is 15.3. The van der Waals surface area contributed by atoms with Crippen LogP contribution in [0.1, 0.15) is 52.7 Å². The van der Waals surface area contributed by atoms with Gasteiger partial charge >= 0.3 is 6.09 Å². The zero-order chi connectivity index (χ0) is 17.7. The van der Waals surface area contributed by atoms with Crippen LogP contribution in [0.5, 0.6) is 0 Å². The number of pyridine rings is 1. The Kier molecular flexibility index (Phi) is 6.57. The van der Waals surface area contributed by atoms with Crippen LogP contribution in [0.3, 0.4) is 0 Å². The minimum atomic E-state index is -0.488. The maximum atomic E-state index is 11.9. The summed E-state index contributed by atoms with van der Waals surface area (Å²) in [6, 6.07) is 2.00. The van der Waals surface area contributed by atoms with Crippen LogP contribution < -0.4 is 10.6 Å². The van der Waals surface area contributed by atoms with Gasteiger partial charge in [-0.15, -0.1) is 0 Å². The van der Waals surface area contributed by atoms with Gasteiger partial charge in [0.2, 0.25) is 0 Å². The van der Waals surface area contributed by atoms with E-state index in [9.17, 15) is 4.79 Å². The monoisotopic (exact) mass is 321 g/mol. The Morgan fingerprint density at radius 3 is 2.48 bits per heavy atom. The van der Waals surface area contributed by atoms with E-state index in [1.54, 1.807) is 6.20 Å². The van der Waals surface area contributed by atoms with Crippen LogP contribution in [-0.4, -0.2) is 28.8 Å². The molecule has 0 aliphatic carbocycles. The van der Waals surface area contributed by atoms with Crippen molar-refractivity contribution >= 4 is 6.09 Å². The maximum Gasteiger partial charge on any atom is 0.407 e. The molecule has 0 aromatic carbocycles. The van der Waals surface area contributed by atoms with E-state index in [0.717, 1.165) is 5.56 Å². The number of nitrogens with zero attached hydrogens (tertiary/aromatic N) is 1. The van der Waals surface area contributed by atoms with Crippen molar-refractivity contribution in [3.8, 4) is 0 Å². The molecule has 0 bridgehead atoms. The standard InChI is InChI=1S/C18H31N3O2/c1-13(2)18(7,12-20-16(22)23-17(4,5)6)21-11-15-10-19-9-8-14(15)3/h8-10,13,21H,11-12H2,1-7H3,(H,20,22). The van der Waals surface area contributed by atoms with Crippen LogP contribution in [0.15, 0.2) is 18.5 Å². The lowest BCUT2D eigenvalue weighted by Crippen LogP contribution is -2.55. The first-order valence-electron chi connectivity index (χ1n) is 8.15. The lowest BCUT2D eigenvalue weighted by Gasteiger charge is -2.35. The van der Waals surface area contributed by atoms with Crippen molar-refractivity contribution in [3.63, 3.8) is 0 Å². The first-order valence-corrected chi connectivity index (χ1v) is 8.15.